The van der Waals surface area contributed by atoms with Crippen molar-refractivity contribution in [2.75, 3.05) is 37.7 Å². The van der Waals surface area contributed by atoms with Crippen LogP contribution in [0.4, 0.5) is 5.69 Å². The lowest BCUT2D eigenvalue weighted by Gasteiger charge is -2.32. The highest BCUT2D eigenvalue weighted by atomic mass is 35.5. The molecule has 1 saturated heterocycles. The van der Waals surface area contributed by atoms with E-state index in [2.05, 4.69) is 34.5 Å². The summed E-state index contributed by atoms with van der Waals surface area (Å²) in [7, 11) is 0. The normalized spacial score (nSPS) is 17.3. The molecule has 3 N–H and O–H groups in total. The molecule has 0 saturated carbocycles. The number of carbonyl (C=O) groups excluding carboxylic acids is 1. The maximum atomic E-state index is 12.7. The highest BCUT2D eigenvalue weighted by Crippen LogP contribution is 2.29. The minimum atomic E-state index is -0.189. The third-order valence-electron chi connectivity index (χ3n) is 4.61. The second-order valence-electron chi connectivity index (χ2n) is 6.73. The lowest BCUT2D eigenvalue weighted by atomic mass is 10.1. The molecule has 0 spiro atoms. The molecule has 1 fully saturated rings. The lowest BCUT2D eigenvalue weighted by molar-refractivity contribution is 0.0948. The number of carbonyl (C=O) groups is 1. The highest BCUT2D eigenvalue weighted by molar-refractivity contribution is 8.00. The van der Waals surface area contributed by atoms with Gasteiger partial charge in [-0.25, -0.2) is 0 Å². The van der Waals surface area contributed by atoms with Gasteiger partial charge >= 0.3 is 0 Å². The van der Waals surface area contributed by atoms with Crippen molar-refractivity contribution >= 4 is 35.0 Å². The number of nitrogen functional groups attached to an aromatic ring is 1. The number of halogens is 1. The molecule has 1 aliphatic rings. The van der Waals surface area contributed by atoms with Crippen LogP contribution in [-0.4, -0.2) is 48.1 Å². The summed E-state index contributed by atoms with van der Waals surface area (Å²) in [6, 6.07) is 13.7. The van der Waals surface area contributed by atoms with Crippen LogP contribution < -0.4 is 15.8 Å². The summed E-state index contributed by atoms with van der Waals surface area (Å²) >= 11 is 8.00. The van der Waals surface area contributed by atoms with Gasteiger partial charge in [-0.2, -0.15) is 11.8 Å². The van der Waals surface area contributed by atoms with Gasteiger partial charge in [0, 0.05) is 43.2 Å². The fourth-order valence-electron chi connectivity index (χ4n) is 3.21. The fraction of sp³-hybridized carbons (Fsp3) is 0.381. The van der Waals surface area contributed by atoms with Gasteiger partial charge < -0.3 is 15.8 Å². The Labute approximate surface area is 175 Å². The van der Waals surface area contributed by atoms with Gasteiger partial charge in [0.1, 0.15) is 5.75 Å². The van der Waals surface area contributed by atoms with Gasteiger partial charge in [-0.15, -0.1) is 0 Å². The Kier molecular flexibility index (Phi) is 7.48. The van der Waals surface area contributed by atoms with Gasteiger partial charge in [0.05, 0.1) is 22.9 Å². The molecule has 7 heteroatoms. The molecule has 1 heterocycles. The number of benzene rings is 2. The first-order chi connectivity index (χ1) is 13.6. The molecule has 3 rings (SSSR count). The average Bonchev–Trinajstić information content (AvgIpc) is 2.70. The zero-order valence-electron chi connectivity index (χ0n) is 16.0. The zero-order chi connectivity index (χ0) is 19.9. The molecule has 1 amide bonds. The minimum Gasteiger partial charge on any atom is -0.493 e. The first-order valence-corrected chi connectivity index (χ1v) is 10.9. The summed E-state index contributed by atoms with van der Waals surface area (Å²) in [6.45, 7) is 5.86. The third kappa shape index (κ3) is 5.56. The maximum Gasteiger partial charge on any atom is 0.255 e. The van der Waals surface area contributed by atoms with Gasteiger partial charge in [-0.3, -0.25) is 9.69 Å². The van der Waals surface area contributed by atoms with Crippen molar-refractivity contribution < 1.29 is 9.53 Å². The second-order valence-corrected chi connectivity index (χ2v) is 8.54. The number of hydrogen-bond donors (Lipinski definition) is 2. The van der Waals surface area contributed by atoms with Crippen LogP contribution in [-0.2, 0) is 6.54 Å². The van der Waals surface area contributed by atoms with E-state index >= 15 is 0 Å². The number of thioether (sulfide) groups is 1. The van der Waals surface area contributed by atoms with Crippen LogP contribution in [0.3, 0.4) is 0 Å². The Bertz CT molecular complexity index is 804. The van der Waals surface area contributed by atoms with Gasteiger partial charge in [-0.05, 0) is 18.6 Å². The number of nitrogens with one attached hydrogen (secondary N) is 1. The summed E-state index contributed by atoms with van der Waals surface area (Å²) in [5.41, 5.74) is 7.97. The number of anilines is 1. The van der Waals surface area contributed by atoms with E-state index in [9.17, 15) is 4.79 Å². The predicted molar refractivity (Wildman–Crippen MR) is 117 cm³/mol. The van der Waals surface area contributed by atoms with Gasteiger partial charge in [0.25, 0.3) is 5.91 Å². The molecule has 1 aliphatic heterocycles. The Morgan fingerprint density at radius 3 is 2.89 bits per heavy atom. The van der Waals surface area contributed by atoms with Crippen LogP contribution in [0, 0.1) is 0 Å². The Balaban J connectivity index is 1.57. The monoisotopic (exact) mass is 419 g/mol. The predicted octanol–water partition coefficient (Wildman–Crippen LogP) is 3.67. The molecule has 1 unspecified atom stereocenters. The van der Waals surface area contributed by atoms with E-state index in [1.54, 1.807) is 12.1 Å². The van der Waals surface area contributed by atoms with Crippen LogP contribution in [0.25, 0.3) is 0 Å². The standard InChI is InChI=1S/C21H26ClN3O2S/c1-2-27-20-11-19(23)18(22)10-17(20)21(26)24-12-16-14-25(8-9-28-16)13-15-6-4-3-5-7-15/h3-7,10-11,16H,2,8-9,12-14,23H2,1H3,(H,24,26). The molecule has 0 aliphatic carbocycles. The van der Waals surface area contributed by atoms with Crippen LogP contribution >= 0.6 is 23.4 Å². The average molecular weight is 420 g/mol. The number of nitrogens with two attached hydrogens (primary N) is 1. The molecule has 0 aromatic heterocycles. The zero-order valence-corrected chi connectivity index (χ0v) is 17.6. The third-order valence-corrected chi connectivity index (χ3v) is 6.14. The van der Waals surface area contributed by atoms with Gasteiger partial charge in [0.2, 0.25) is 0 Å². The summed E-state index contributed by atoms with van der Waals surface area (Å²) in [5.74, 6) is 1.33. The Morgan fingerprint density at radius 2 is 2.14 bits per heavy atom. The molecule has 28 heavy (non-hydrogen) atoms. The summed E-state index contributed by atoms with van der Waals surface area (Å²) in [4.78, 5) is 15.1. The number of ether oxygens (including phenoxy) is 1. The van der Waals surface area contributed by atoms with E-state index < -0.39 is 0 Å². The smallest absolute Gasteiger partial charge is 0.255 e. The van der Waals surface area contributed by atoms with Crippen LogP contribution in [0.2, 0.25) is 5.02 Å². The minimum absolute atomic E-state index is 0.189. The molecule has 0 radical (unpaired) electrons. The summed E-state index contributed by atoms with van der Waals surface area (Å²) < 4.78 is 5.56. The molecular weight excluding hydrogens is 394 g/mol. The molecule has 1 atom stereocenters. The van der Waals surface area contributed by atoms with Gasteiger partial charge in [-0.1, -0.05) is 41.9 Å². The van der Waals surface area contributed by atoms with Gasteiger partial charge in [0.15, 0.2) is 0 Å². The number of nitrogens with zero attached hydrogens (tertiary/aromatic N) is 1. The Morgan fingerprint density at radius 1 is 1.36 bits per heavy atom. The van der Waals surface area contributed by atoms with Crippen molar-refractivity contribution in [2.24, 2.45) is 0 Å². The first-order valence-electron chi connectivity index (χ1n) is 9.44. The number of amides is 1. The molecular formula is C21H26ClN3O2S. The second kappa shape index (κ2) is 10.0. The first kappa shape index (κ1) is 20.8. The molecule has 0 bridgehead atoms. The Hall–Kier alpha value is -1.89. The van der Waals surface area contributed by atoms with Crippen molar-refractivity contribution in [2.45, 2.75) is 18.7 Å². The van der Waals surface area contributed by atoms with Crippen molar-refractivity contribution in [3.63, 3.8) is 0 Å². The van der Waals surface area contributed by atoms with E-state index in [-0.39, 0.29) is 5.91 Å². The van der Waals surface area contributed by atoms with Crippen molar-refractivity contribution in [1.29, 1.82) is 0 Å². The van der Waals surface area contributed by atoms with E-state index in [1.165, 1.54) is 5.56 Å². The van der Waals surface area contributed by atoms with E-state index in [0.717, 1.165) is 25.4 Å². The molecule has 2 aromatic carbocycles. The van der Waals surface area contributed by atoms with Crippen LogP contribution in [0.5, 0.6) is 5.75 Å². The van der Waals surface area contributed by atoms with Crippen LogP contribution in [0.15, 0.2) is 42.5 Å². The maximum absolute atomic E-state index is 12.7. The van der Waals surface area contributed by atoms with E-state index in [4.69, 9.17) is 22.1 Å². The SMILES string of the molecule is CCOc1cc(N)c(Cl)cc1C(=O)NCC1CN(Cc2ccccc2)CCS1. The largest absolute Gasteiger partial charge is 0.493 e. The number of hydrogen-bond acceptors (Lipinski definition) is 5. The lowest BCUT2D eigenvalue weighted by Crippen LogP contribution is -2.43. The van der Waals surface area contributed by atoms with Crippen molar-refractivity contribution in [3.05, 3.63) is 58.6 Å². The quantitative estimate of drug-likeness (QED) is 0.670. The van der Waals surface area contributed by atoms with Crippen molar-refractivity contribution in [1.82, 2.24) is 10.2 Å². The fourth-order valence-corrected chi connectivity index (χ4v) is 4.59. The van der Waals surface area contributed by atoms with E-state index in [0.29, 0.717) is 40.4 Å². The van der Waals surface area contributed by atoms with Crippen molar-refractivity contribution in [3.8, 4) is 5.75 Å². The summed E-state index contributed by atoms with van der Waals surface area (Å²) in [6.07, 6.45) is 0. The van der Waals surface area contributed by atoms with Crippen LogP contribution in [0.1, 0.15) is 22.8 Å². The molecule has 5 nitrogen and oxygen atoms in total. The topological polar surface area (TPSA) is 67.6 Å². The highest BCUT2D eigenvalue weighted by Gasteiger charge is 2.22. The van der Waals surface area contributed by atoms with E-state index in [1.807, 2.05) is 24.8 Å². The molecule has 150 valence electrons. The summed E-state index contributed by atoms with van der Waals surface area (Å²) in [5, 5.41) is 3.74. The number of rotatable bonds is 7. The molecule has 2 aromatic rings.